The number of anilines is 1. The van der Waals surface area contributed by atoms with Crippen molar-refractivity contribution < 1.29 is 9.90 Å². The summed E-state index contributed by atoms with van der Waals surface area (Å²) in [6.45, 7) is 2.41. The molecular formula is C13H16BrN5O2. The largest absolute Gasteiger partial charge is 0.465 e. The third kappa shape index (κ3) is 2.05. The first-order valence-corrected chi connectivity index (χ1v) is 7.45. The molecule has 1 aliphatic rings. The minimum absolute atomic E-state index is 0.000781. The molecule has 1 amide bonds. The van der Waals surface area contributed by atoms with Crippen LogP contribution in [0, 0.1) is 0 Å². The van der Waals surface area contributed by atoms with Crippen molar-refractivity contribution in [2.75, 3.05) is 12.3 Å². The summed E-state index contributed by atoms with van der Waals surface area (Å²) in [7, 11) is 1.92. The van der Waals surface area contributed by atoms with Crippen LogP contribution in [0.5, 0.6) is 0 Å². The summed E-state index contributed by atoms with van der Waals surface area (Å²) in [6.07, 6.45) is 1.34. The van der Waals surface area contributed by atoms with Crippen LogP contribution in [0.2, 0.25) is 0 Å². The third-order valence-corrected chi connectivity index (χ3v) is 4.99. The number of amides is 1. The van der Waals surface area contributed by atoms with Crippen molar-refractivity contribution in [3.63, 3.8) is 0 Å². The van der Waals surface area contributed by atoms with Crippen LogP contribution in [-0.2, 0) is 7.05 Å². The van der Waals surface area contributed by atoms with Gasteiger partial charge in [-0.25, -0.2) is 14.8 Å². The predicted octanol–water partition coefficient (Wildman–Crippen LogP) is 2.17. The lowest BCUT2D eigenvalue weighted by Gasteiger charge is -2.16. The molecule has 1 unspecified atom stereocenters. The van der Waals surface area contributed by atoms with Crippen LogP contribution in [-0.4, -0.2) is 43.2 Å². The summed E-state index contributed by atoms with van der Waals surface area (Å²) in [6, 6.07) is 0.000781. The van der Waals surface area contributed by atoms with Crippen LogP contribution in [0.25, 0.3) is 11.0 Å². The molecule has 0 aromatic carbocycles. The molecule has 3 heterocycles. The maximum absolute atomic E-state index is 11.3. The van der Waals surface area contributed by atoms with Crippen molar-refractivity contribution in [3.8, 4) is 0 Å². The molecule has 0 spiro atoms. The lowest BCUT2D eigenvalue weighted by atomic mass is 10.0. The Hall–Kier alpha value is -1.83. The number of fused-ring (bicyclic) bond motifs is 1. The number of nitrogens with two attached hydrogens (primary N) is 1. The Morgan fingerprint density at radius 1 is 1.52 bits per heavy atom. The molecule has 1 fully saturated rings. The Kier molecular flexibility index (Phi) is 3.27. The second-order valence-corrected chi connectivity index (χ2v) is 6.23. The van der Waals surface area contributed by atoms with Crippen molar-refractivity contribution in [3.05, 3.63) is 16.5 Å². The van der Waals surface area contributed by atoms with Gasteiger partial charge < -0.3 is 20.3 Å². The van der Waals surface area contributed by atoms with Gasteiger partial charge in [-0.2, -0.15) is 0 Å². The second-order valence-electron chi connectivity index (χ2n) is 5.43. The minimum Gasteiger partial charge on any atom is -0.465 e. The molecule has 2 aromatic rings. The number of likely N-dealkylation sites (tertiary alicyclic amines) is 1. The molecule has 8 heteroatoms. The van der Waals surface area contributed by atoms with E-state index in [4.69, 9.17) is 5.73 Å². The van der Waals surface area contributed by atoms with E-state index >= 15 is 0 Å². The standard InChI is InChI=1S/C13H16BrN5O2/c1-6-3-7(4-19(6)13(20)21)10-9(14)8-11(15)16-5-17-12(8)18(10)2/h5-7H,3-4H2,1-2H3,(H,20,21)(H2,15,16,17)/t6-,7?/m0/s1. The lowest BCUT2D eigenvalue weighted by Crippen LogP contribution is -2.32. The molecule has 112 valence electrons. The van der Waals surface area contributed by atoms with Gasteiger partial charge in [0.2, 0.25) is 0 Å². The van der Waals surface area contributed by atoms with E-state index in [-0.39, 0.29) is 12.0 Å². The Balaban J connectivity index is 2.10. The van der Waals surface area contributed by atoms with Gasteiger partial charge in [0.25, 0.3) is 0 Å². The molecule has 1 saturated heterocycles. The monoisotopic (exact) mass is 353 g/mol. The molecule has 2 aromatic heterocycles. The molecule has 0 bridgehead atoms. The van der Waals surface area contributed by atoms with Crippen molar-refractivity contribution in [1.82, 2.24) is 19.4 Å². The zero-order valence-electron chi connectivity index (χ0n) is 11.7. The van der Waals surface area contributed by atoms with E-state index in [0.717, 1.165) is 27.6 Å². The quantitative estimate of drug-likeness (QED) is 0.818. The van der Waals surface area contributed by atoms with E-state index in [1.807, 2.05) is 18.5 Å². The Bertz CT molecular complexity index is 729. The van der Waals surface area contributed by atoms with E-state index in [2.05, 4.69) is 25.9 Å². The topological polar surface area (TPSA) is 97.3 Å². The van der Waals surface area contributed by atoms with Crippen molar-refractivity contribution in [2.45, 2.75) is 25.3 Å². The summed E-state index contributed by atoms with van der Waals surface area (Å²) in [5, 5.41) is 10.0. The van der Waals surface area contributed by atoms with Crippen molar-refractivity contribution in [2.24, 2.45) is 7.05 Å². The smallest absolute Gasteiger partial charge is 0.407 e. The minimum atomic E-state index is -0.876. The molecule has 21 heavy (non-hydrogen) atoms. The number of carboxylic acid groups (broad SMARTS) is 1. The molecule has 3 rings (SSSR count). The van der Waals surface area contributed by atoms with Crippen molar-refractivity contribution in [1.29, 1.82) is 0 Å². The lowest BCUT2D eigenvalue weighted by molar-refractivity contribution is 0.143. The van der Waals surface area contributed by atoms with E-state index < -0.39 is 6.09 Å². The zero-order chi connectivity index (χ0) is 15.3. The van der Waals surface area contributed by atoms with E-state index in [1.165, 1.54) is 11.2 Å². The average molecular weight is 354 g/mol. The van der Waals surface area contributed by atoms with Gasteiger partial charge in [-0.1, -0.05) is 0 Å². The number of carbonyl (C=O) groups is 1. The summed E-state index contributed by atoms with van der Waals surface area (Å²) in [5.41, 5.74) is 7.72. The Morgan fingerprint density at radius 2 is 2.24 bits per heavy atom. The highest BCUT2D eigenvalue weighted by molar-refractivity contribution is 9.10. The van der Waals surface area contributed by atoms with Crippen molar-refractivity contribution >= 4 is 38.9 Å². The first-order valence-electron chi connectivity index (χ1n) is 6.65. The third-order valence-electron chi connectivity index (χ3n) is 4.19. The molecule has 3 N–H and O–H groups in total. The number of halogens is 1. The summed E-state index contributed by atoms with van der Waals surface area (Å²) in [4.78, 5) is 21.0. The number of nitrogens with zero attached hydrogens (tertiary/aromatic N) is 4. The summed E-state index contributed by atoms with van der Waals surface area (Å²) < 4.78 is 2.84. The molecule has 7 nitrogen and oxygen atoms in total. The van der Waals surface area contributed by atoms with Gasteiger partial charge in [-0.05, 0) is 29.3 Å². The normalized spacial score (nSPS) is 22.1. The van der Waals surface area contributed by atoms with Gasteiger partial charge in [-0.3, -0.25) is 0 Å². The highest BCUT2D eigenvalue weighted by atomic mass is 79.9. The van der Waals surface area contributed by atoms with Crippen LogP contribution in [0.4, 0.5) is 10.6 Å². The number of rotatable bonds is 1. The van der Waals surface area contributed by atoms with Gasteiger partial charge in [0.05, 0.1) is 9.86 Å². The van der Waals surface area contributed by atoms with E-state index in [0.29, 0.717) is 12.4 Å². The maximum atomic E-state index is 11.3. The number of hydrogen-bond donors (Lipinski definition) is 2. The Labute approximate surface area is 129 Å². The SMILES string of the molecule is C[C@H]1CC(c2c(Br)c3c(N)ncnc3n2C)CN1C(=O)O. The van der Waals surface area contributed by atoms with E-state index in [9.17, 15) is 9.90 Å². The summed E-state index contributed by atoms with van der Waals surface area (Å²) >= 11 is 3.59. The zero-order valence-corrected chi connectivity index (χ0v) is 13.3. The molecule has 0 saturated carbocycles. The van der Waals surface area contributed by atoms with Crippen LogP contribution < -0.4 is 5.73 Å². The number of aromatic nitrogens is 3. The fourth-order valence-corrected chi connectivity index (χ4v) is 4.16. The molecular weight excluding hydrogens is 338 g/mol. The maximum Gasteiger partial charge on any atom is 0.407 e. The van der Waals surface area contributed by atoms with E-state index in [1.54, 1.807) is 0 Å². The van der Waals surface area contributed by atoms with Crippen LogP contribution in [0.3, 0.4) is 0 Å². The second kappa shape index (κ2) is 4.87. The van der Waals surface area contributed by atoms with Gasteiger partial charge in [-0.15, -0.1) is 0 Å². The first kappa shape index (κ1) is 14.1. The van der Waals surface area contributed by atoms with Gasteiger partial charge in [0.15, 0.2) is 0 Å². The van der Waals surface area contributed by atoms with Gasteiger partial charge in [0, 0.05) is 31.2 Å². The fourth-order valence-electron chi connectivity index (χ4n) is 3.19. The summed E-state index contributed by atoms with van der Waals surface area (Å²) in [5.74, 6) is 0.541. The average Bonchev–Trinajstić information content (AvgIpc) is 2.90. The van der Waals surface area contributed by atoms with Crippen LogP contribution in [0.15, 0.2) is 10.8 Å². The van der Waals surface area contributed by atoms with Gasteiger partial charge in [0.1, 0.15) is 17.8 Å². The molecule has 2 atom stereocenters. The van der Waals surface area contributed by atoms with Gasteiger partial charge >= 0.3 is 6.09 Å². The van der Waals surface area contributed by atoms with Crippen LogP contribution >= 0.6 is 15.9 Å². The number of aryl methyl sites for hydroxylation is 1. The van der Waals surface area contributed by atoms with Crippen LogP contribution in [0.1, 0.15) is 25.0 Å². The highest BCUT2D eigenvalue weighted by Gasteiger charge is 2.36. The number of nitrogen functional groups attached to an aromatic ring is 1. The number of hydrogen-bond acceptors (Lipinski definition) is 4. The molecule has 0 aliphatic carbocycles. The molecule has 1 aliphatic heterocycles. The Morgan fingerprint density at radius 3 is 2.81 bits per heavy atom. The predicted molar refractivity (Wildman–Crippen MR) is 82.2 cm³/mol. The highest BCUT2D eigenvalue weighted by Crippen LogP contribution is 2.40. The fraction of sp³-hybridized carbons (Fsp3) is 0.462. The molecule has 0 radical (unpaired) electrons. The first-order chi connectivity index (χ1) is 9.91.